The van der Waals surface area contributed by atoms with Gasteiger partial charge in [-0.3, -0.25) is 4.79 Å². The van der Waals surface area contributed by atoms with Crippen molar-refractivity contribution in [2.75, 3.05) is 7.11 Å². The second kappa shape index (κ2) is 10.1. The highest BCUT2D eigenvalue weighted by Crippen LogP contribution is 2.22. The Kier molecular flexibility index (Phi) is 7.06. The number of pyridine rings is 1. The standard InChI is InChI=1S/C25H24N2O4/c1-4-22(31-16-21-12-11-18-7-5-6-8-23(18)27-21)13-17(2)30-15-20-10-9-19(25(26)28)14-24(20)29-3/h4-14H,1-2,15-16H2,3H3,(H2,26,28)/b22-13+. The lowest BCUT2D eigenvalue weighted by atomic mass is 10.1. The van der Waals surface area contributed by atoms with E-state index in [1.165, 1.54) is 7.11 Å². The highest BCUT2D eigenvalue weighted by Gasteiger charge is 2.09. The first-order chi connectivity index (χ1) is 15.0. The van der Waals surface area contributed by atoms with E-state index in [-0.39, 0.29) is 6.61 Å². The Morgan fingerprint density at radius 1 is 1.10 bits per heavy atom. The van der Waals surface area contributed by atoms with E-state index in [2.05, 4.69) is 18.1 Å². The first kappa shape index (κ1) is 21.6. The number of hydrogen-bond acceptors (Lipinski definition) is 5. The average molecular weight is 416 g/mol. The molecule has 158 valence electrons. The molecule has 0 fully saturated rings. The Labute approximate surface area is 181 Å². The van der Waals surface area contributed by atoms with Crippen LogP contribution in [0.1, 0.15) is 21.6 Å². The Morgan fingerprint density at radius 3 is 2.65 bits per heavy atom. The molecule has 31 heavy (non-hydrogen) atoms. The summed E-state index contributed by atoms with van der Waals surface area (Å²) in [5, 5.41) is 1.08. The van der Waals surface area contributed by atoms with Crippen molar-refractivity contribution in [3.8, 4) is 5.75 Å². The van der Waals surface area contributed by atoms with Crippen molar-refractivity contribution in [3.05, 3.63) is 108 Å². The minimum Gasteiger partial charge on any atom is -0.496 e. The van der Waals surface area contributed by atoms with Gasteiger partial charge in [0.15, 0.2) is 0 Å². The first-order valence-electron chi connectivity index (χ1n) is 9.60. The molecule has 0 aliphatic heterocycles. The van der Waals surface area contributed by atoms with Crippen molar-refractivity contribution in [2.45, 2.75) is 13.2 Å². The fraction of sp³-hybridized carbons (Fsp3) is 0.120. The fourth-order valence-electron chi connectivity index (χ4n) is 2.89. The van der Waals surface area contributed by atoms with Crippen LogP contribution in [-0.2, 0) is 22.7 Å². The van der Waals surface area contributed by atoms with E-state index in [0.717, 1.165) is 22.2 Å². The minimum atomic E-state index is -0.521. The lowest BCUT2D eigenvalue weighted by Crippen LogP contribution is -2.11. The molecule has 3 aromatic rings. The third-order valence-electron chi connectivity index (χ3n) is 4.53. The number of aromatic nitrogens is 1. The maximum atomic E-state index is 11.3. The molecule has 1 amide bonds. The Bertz CT molecular complexity index is 1150. The predicted molar refractivity (Wildman–Crippen MR) is 120 cm³/mol. The number of benzene rings is 2. The summed E-state index contributed by atoms with van der Waals surface area (Å²) in [6.45, 7) is 8.16. The van der Waals surface area contributed by atoms with Crippen LogP contribution in [0.15, 0.2) is 91.4 Å². The van der Waals surface area contributed by atoms with Crippen molar-refractivity contribution in [2.24, 2.45) is 5.73 Å². The maximum Gasteiger partial charge on any atom is 0.248 e. The maximum absolute atomic E-state index is 11.3. The number of fused-ring (bicyclic) bond motifs is 1. The molecule has 2 aromatic carbocycles. The zero-order chi connectivity index (χ0) is 22.2. The second-order valence-corrected chi connectivity index (χ2v) is 6.68. The van der Waals surface area contributed by atoms with E-state index in [4.69, 9.17) is 19.9 Å². The zero-order valence-electron chi connectivity index (χ0n) is 17.3. The summed E-state index contributed by atoms with van der Waals surface area (Å²) in [4.78, 5) is 15.9. The van der Waals surface area contributed by atoms with Gasteiger partial charge in [-0.25, -0.2) is 4.98 Å². The van der Waals surface area contributed by atoms with Gasteiger partial charge in [-0.15, -0.1) is 0 Å². The number of carbonyl (C=O) groups is 1. The number of ether oxygens (including phenoxy) is 3. The molecule has 0 bridgehead atoms. The van der Waals surface area contributed by atoms with Gasteiger partial charge in [0.2, 0.25) is 5.91 Å². The summed E-state index contributed by atoms with van der Waals surface area (Å²) < 4.78 is 16.8. The molecule has 0 aliphatic rings. The largest absolute Gasteiger partial charge is 0.496 e. The van der Waals surface area contributed by atoms with Crippen molar-refractivity contribution in [3.63, 3.8) is 0 Å². The van der Waals surface area contributed by atoms with E-state index in [1.807, 2.05) is 36.4 Å². The topological polar surface area (TPSA) is 83.7 Å². The molecule has 0 aliphatic carbocycles. The molecule has 0 atom stereocenters. The third kappa shape index (κ3) is 5.73. The van der Waals surface area contributed by atoms with E-state index >= 15 is 0 Å². The zero-order valence-corrected chi connectivity index (χ0v) is 17.3. The summed E-state index contributed by atoms with van der Waals surface area (Å²) in [5.41, 5.74) is 8.14. The number of methoxy groups -OCH3 is 1. The molecule has 1 aromatic heterocycles. The number of para-hydroxylation sites is 1. The number of nitrogens with zero attached hydrogens (tertiary/aromatic N) is 1. The summed E-state index contributed by atoms with van der Waals surface area (Å²) in [5.74, 6) is 0.890. The van der Waals surface area contributed by atoms with Crippen LogP contribution in [0.25, 0.3) is 10.9 Å². The van der Waals surface area contributed by atoms with Gasteiger partial charge in [0, 0.05) is 22.6 Å². The van der Waals surface area contributed by atoms with Crippen LogP contribution in [-0.4, -0.2) is 18.0 Å². The number of hydrogen-bond donors (Lipinski definition) is 1. The highest BCUT2D eigenvalue weighted by atomic mass is 16.5. The number of allylic oxidation sites excluding steroid dienone is 2. The minimum absolute atomic E-state index is 0.203. The number of amides is 1. The van der Waals surface area contributed by atoms with Gasteiger partial charge in [0.25, 0.3) is 0 Å². The Hall–Kier alpha value is -4.06. The summed E-state index contributed by atoms with van der Waals surface area (Å²) in [6.07, 6.45) is 3.23. The van der Waals surface area contributed by atoms with Gasteiger partial charge < -0.3 is 19.9 Å². The van der Waals surface area contributed by atoms with Crippen LogP contribution in [0.4, 0.5) is 0 Å². The molecule has 0 unspecified atom stereocenters. The SMILES string of the molecule is C=C/C(=C\C(=C)OCc1ccc(C(N)=O)cc1OC)OCc1ccc2ccccc2n1. The van der Waals surface area contributed by atoms with Crippen molar-refractivity contribution >= 4 is 16.8 Å². The average Bonchev–Trinajstić information content (AvgIpc) is 2.79. The van der Waals surface area contributed by atoms with Crippen LogP contribution in [0.3, 0.4) is 0 Å². The van der Waals surface area contributed by atoms with Crippen LogP contribution in [0, 0.1) is 0 Å². The van der Waals surface area contributed by atoms with Gasteiger partial charge in [-0.1, -0.05) is 43.5 Å². The fourth-order valence-corrected chi connectivity index (χ4v) is 2.89. The first-order valence-corrected chi connectivity index (χ1v) is 9.60. The number of rotatable bonds is 10. The normalized spacial score (nSPS) is 11.1. The quantitative estimate of drug-likeness (QED) is 0.384. The van der Waals surface area contributed by atoms with Gasteiger partial charge in [0.05, 0.1) is 18.3 Å². The molecule has 0 saturated carbocycles. The number of primary amides is 1. The van der Waals surface area contributed by atoms with Crippen LogP contribution in [0.5, 0.6) is 5.75 Å². The van der Waals surface area contributed by atoms with Crippen LogP contribution < -0.4 is 10.5 Å². The Balaban J connectivity index is 1.60. The van der Waals surface area contributed by atoms with Crippen molar-refractivity contribution in [1.82, 2.24) is 4.98 Å². The molecule has 0 radical (unpaired) electrons. The van der Waals surface area contributed by atoms with Gasteiger partial charge in [0.1, 0.15) is 30.5 Å². The third-order valence-corrected chi connectivity index (χ3v) is 4.53. The molecule has 0 spiro atoms. The highest BCUT2D eigenvalue weighted by molar-refractivity contribution is 5.93. The number of carbonyl (C=O) groups excluding carboxylic acids is 1. The molecule has 6 nitrogen and oxygen atoms in total. The molecular weight excluding hydrogens is 392 g/mol. The van der Waals surface area contributed by atoms with Gasteiger partial charge in [-0.2, -0.15) is 0 Å². The molecule has 2 N–H and O–H groups in total. The van der Waals surface area contributed by atoms with Crippen LogP contribution in [0.2, 0.25) is 0 Å². The molecular formula is C25H24N2O4. The number of nitrogens with two attached hydrogens (primary N) is 1. The summed E-state index contributed by atoms with van der Waals surface area (Å²) in [7, 11) is 1.52. The van der Waals surface area contributed by atoms with E-state index in [1.54, 1.807) is 30.4 Å². The molecule has 1 heterocycles. The van der Waals surface area contributed by atoms with Crippen LogP contribution >= 0.6 is 0 Å². The Morgan fingerprint density at radius 2 is 1.90 bits per heavy atom. The molecule has 3 rings (SSSR count). The van der Waals surface area contributed by atoms with E-state index in [9.17, 15) is 4.79 Å². The lowest BCUT2D eigenvalue weighted by molar-refractivity contribution is 0.0999. The predicted octanol–water partition coefficient (Wildman–Crippen LogP) is 4.66. The molecule has 6 heteroatoms. The summed E-state index contributed by atoms with van der Waals surface area (Å²) >= 11 is 0. The van der Waals surface area contributed by atoms with Gasteiger partial charge in [-0.05, 0) is 30.3 Å². The van der Waals surface area contributed by atoms with Crippen molar-refractivity contribution < 1.29 is 19.0 Å². The van der Waals surface area contributed by atoms with E-state index < -0.39 is 5.91 Å². The van der Waals surface area contributed by atoms with E-state index in [0.29, 0.717) is 29.4 Å². The van der Waals surface area contributed by atoms with Gasteiger partial charge >= 0.3 is 0 Å². The second-order valence-electron chi connectivity index (χ2n) is 6.68. The smallest absolute Gasteiger partial charge is 0.248 e. The monoisotopic (exact) mass is 416 g/mol. The molecule has 0 saturated heterocycles. The van der Waals surface area contributed by atoms with Crippen molar-refractivity contribution in [1.29, 1.82) is 0 Å². The summed E-state index contributed by atoms with van der Waals surface area (Å²) in [6, 6.07) is 16.8. The lowest BCUT2D eigenvalue weighted by Gasteiger charge is -2.12.